The number of para-hydroxylation sites is 2. The van der Waals surface area contributed by atoms with Crippen molar-refractivity contribution in [1.82, 2.24) is 34.1 Å². The van der Waals surface area contributed by atoms with Gasteiger partial charge in [-0.05, 0) is 61.4 Å². The quantitative estimate of drug-likeness (QED) is 0.165. The summed E-state index contributed by atoms with van der Waals surface area (Å²) in [6.45, 7) is 0.839. The second-order valence-corrected chi connectivity index (χ2v) is 11.4. The number of rotatable bonds is 9. The number of fused-ring (bicyclic) bond motifs is 2. The second kappa shape index (κ2) is 12.4. The van der Waals surface area contributed by atoms with Gasteiger partial charge >= 0.3 is 0 Å². The minimum absolute atomic E-state index is 0.0424. The molecule has 0 saturated heterocycles. The maximum absolute atomic E-state index is 13.6. The van der Waals surface area contributed by atoms with Crippen molar-refractivity contribution in [3.05, 3.63) is 118 Å². The molecular weight excluding hydrogens is 614 g/mol. The molecule has 13 nitrogen and oxygen atoms in total. The molecular formula is C35H29N7O6. The van der Waals surface area contributed by atoms with Crippen LogP contribution in [0.1, 0.15) is 18.5 Å². The number of hydrogen-bond acceptors (Lipinski definition) is 10. The Morgan fingerprint density at radius 3 is 1.62 bits per heavy atom. The molecule has 0 atom stereocenters. The molecule has 48 heavy (non-hydrogen) atoms. The average molecular weight is 644 g/mol. The highest BCUT2D eigenvalue weighted by Gasteiger charge is 2.17. The average Bonchev–Trinajstić information content (AvgIpc) is 3.51. The normalized spacial score (nSPS) is 11.4. The summed E-state index contributed by atoms with van der Waals surface area (Å²) in [5.41, 5.74) is 1.73. The number of phenolic OH excluding ortho intramolecular Hbond substituents is 4. The van der Waals surface area contributed by atoms with E-state index in [4.69, 9.17) is 0 Å². The van der Waals surface area contributed by atoms with Crippen LogP contribution >= 0.6 is 0 Å². The van der Waals surface area contributed by atoms with Gasteiger partial charge in [0.1, 0.15) is 40.3 Å². The molecule has 0 fully saturated rings. The minimum atomic E-state index is -0.307. The molecule has 0 spiro atoms. The number of unbranched alkanes of at least 4 members (excludes halogenated alkanes) is 1. The standard InChI is InChI=1S/C35H29N7O6/c43-24-13-21(14-25(44)17-24)32-36-30-9-3-1-7-28(30)34(47)41(32)12-6-5-11-40-19-23(38-39-40)20-42-33(22-15-26(45)18-27(46)16-22)37-31-10-4-2-8-29(31)35(42)48/h1-4,7-10,13-19,43-46H,5-6,11-12,20H2. The third-order valence-electron chi connectivity index (χ3n) is 7.97. The smallest absolute Gasteiger partial charge is 0.262 e. The van der Waals surface area contributed by atoms with Crippen molar-refractivity contribution in [3.63, 3.8) is 0 Å². The fraction of sp³-hybridized carbons (Fsp3) is 0.143. The molecule has 0 saturated carbocycles. The Morgan fingerprint density at radius 1 is 0.583 bits per heavy atom. The summed E-state index contributed by atoms with van der Waals surface area (Å²) in [6, 6.07) is 22.1. The van der Waals surface area contributed by atoms with Gasteiger partial charge in [-0.25, -0.2) is 9.97 Å². The van der Waals surface area contributed by atoms with Crippen LogP contribution in [0, 0.1) is 0 Å². The SMILES string of the molecule is O=c1c2ccccc2nc(-c2cc(O)cc(O)c2)n1CCCCn1cc(Cn2c(-c3cc(O)cc(O)c3)nc3ccccc3c2=O)nn1. The van der Waals surface area contributed by atoms with Crippen LogP contribution in [0.4, 0.5) is 0 Å². The first-order valence-corrected chi connectivity index (χ1v) is 15.2. The van der Waals surface area contributed by atoms with Crippen molar-refractivity contribution < 1.29 is 20.4 Å². The number of nitrogens with zero attached hydrogens (tertiary/aromatic N) is 7. The van der Waals surface area contributed by atoms with Crippen molar-refractivity contribution in [2.75, 3.05) is 0 Å². The lowest BCUT2D eigenvalue weighted by atomic mass is 10.1. The van der Waals surface area contributed by atoms with Gasteiger partial charge in [-0.15, -0.1) is 5.10 Å². The Labute approximate surface area is 271 Å². The summed E-state index contributed by atoms with van der Waals surface area (Å²) in [4.78, 5) is 36.5. The summed E-state index contributed by atoms with van der Waals surface area (Å²) >= 11 is 0. The maximum atomic E-state index is 13.6. The Morgan fingerprint density at radius 2 is 1.06 bits per heavy atom. The van der Waals surface area contributed by atoms with Crippen LogP contribution in [0.3, 0.4) is 0 Å². The predicted octanol–water partition coefficient (Wildman–Crippen LogP) is 4.38. The summed E-state index contributed by atoms with van der Waals surface area (Å²) in [5, 5.41) is 49.8. The van der Waals surface area contributed by atoms with Gasteiger partial charge in [-0.1, -0.05) is 29.5 Å². The predicted molar refractivity (Wildman–Crippen MR) is 178 cm³/mol. The third-order valence-corrected chi connectivity index (χ3v) is 7.97. The van der Waals surface area contributed by atoms with E-state index >= 15 is 0 Å². The molecule has 0 aliphatic heterocycles. The molecule has 0 radical (unpaired) electrons. The summed E-state index contributed by atoms with van der Waals surface area (Å²) in [5.74, 6) is -0.0367. The van der Waals surface area contributed by atoms with E-state index in [1.54, 1.807) is 64.0 Å². The number of aromatic nitrogens is 7. The van der Waals surface area contributed by atoms with Crippen molar-refractivity contribution in [1.29, 1.82) is 0 Å². The zero-order valence-electron chi connectivity index (χ0n) is 25.4. The van der Waals surface area contributed by atoms with Crippen molar-refractivity contribution in [2.24, 2.45) is 0 Å². The molecule has 4 aromatic carbocycles. The van der Waals surface area contributed by atoms with E-state index in [-0.39, 0.29) is 46.5 Å². The fourth-order valence-electron chi connectivity index (χ4n) is 5.81. The van der Waals surface area contributed by atoms with E-state index in [2.05, 4.69) is 20.3 Å². The van der Waals surface area contributed by atoms with Crippen LogP contribution in [-0.2, 0) is 19.6 Å². The van der Waals surface area contributed by atoms with Gasteiger partial charge in [0, 0.05) is 36.3 Å². The summed E-state index contributed by atoms with van der Waals surface area (Å²) < 4.78 is 4.64. The highest BCUT2D eigenvalue weighted by molar-refractivity contribution is 5.81. The number of aryl methyl sites for hydroxylation is 1. The molecule has 3 aromatic heterocycles. The number of hydrogen-bond donors (Lipinski definition) is 4. The van der Waals surface area contributed by atoms with Gasteiger partial charge in [0.2, 0.25) is 0 Å². The van der Waals surface area contributed by atoms with Crippen LogP contribution in [0.5, 0.6) is 23.0 Å². The monoisotopic (exact) mass is 643 g/mol. The summed E-state index contributed by atoms with van der Waals surface area (Å²) in [7, 11) is 0. The molecule has 0 bridgehead atoms. The van der Waals surface area contributed by atoms with Crippen LogP contribution in [-0.4, -0.2) is 54.5 Å². The fourth-order valence-corrected chi connectivity index (χ4v) is 5.81. The molecule has 13 heteroatoms. The lowest BCUT2D eigenvalue weighted by Gasteiger charge is -2.14. The van der Waals surface area contributed by atoms with Gasteiger partial charge in [0.25, 0.3) is 11.1 Å². The zero-order chi connectivity index (χ0) is 33.4. The summed E-state index contributed by atoms with van der Waals surface area (Å²) in [6.07, 6.45) is 2.93. The van der Waals surface area contributed by atoms with E-state index in [0.717, 1.165) is 0 Å². The second-order valence-electron chi connectivity index (χ2n) is 11.4. The topological polar surface area (TPSA) is 181 Å². The largest absolute Gasteiger partial charge is 0.508 e. The van der Waals surface area contributed by atoms with E-state index in [1.807, 2.05) is 0 Å². The first-order chi connectivity index (χ1) is 23.2. The number of phenols is 4. The maximum Gasteiger partial charge on any atom is 0.262 e. The molecule has 240 valence electrons. The first-order valence-electron chi connectivity index (χ1n) is 15.2. The molecule has 7 aromatic rings. The lowest BCUT2D eigenvalue weighted by molar-refractivity contribution is 0.449. The lowest BCUT2D eigenvalue weighted by Crippen LogP contribution is -2.24. The Kier molecular flexibility index (Phi) is 7.77. The molecule has 7 rings (SSSR count). The van der Waals surface area contributed by atoms with Gasteiger partial charge in [-0.2, -0.15) is 0 Å². The molecule has 0 aliphatic rings. The van der Waals surface area contributed by atoms with Gasteiger partial charge in [0.15, 0.2) is 0 Å². The highest BCUT2D eigenvalue weighted by atomic mass is 16.3. The Balaban J connectivity index is 1.12. The third kappa shape index (κ3) is 5.91. The van der Waals surface area contributed by atoms with E-state index < -0.39 is 0 Å². The van der Waals surface area contributed by atoms with Crippen LogP contribution in [0.25, 0.3) is 44.6 Å². The van der Waals surface area contributed by atoms with Crippen LogP contribution in [0.2, 0.25) is 0 Å². The van der Waals surface area contributed by atoms with Crippen molar-refractivity contribution in [3.8, 4) is 45.8 Å². The van der Waals surface area contributed by atoms with Crippen molar-refractivity contribution in [2.45, 2.75) is 32.5 Å². The van der Waals surface area contributed by atoms with Gasteiger partial charge in [0.05, 0.1) is 34.5 Å². The van der Waals surface area contributed by atoms with Gasteiger partial charge < -0.3 is 20.4 Å². The molecule has 0 amide bonds. The molecule has 0 unspecified atom stereocenters. The Bertz CT molecular complexity index is 2410. The Hall–Kier alpha value is -6.50. The van der Waals surface area contributed by atoms with Crippen molar-refractivity contribution >= 4 is 21.8 Å². The number of aromatic hydroxyl groups is 4. The highest BCUT2D eigenvalue weighted by Crippen LogP contribution is 2.29. The first kappa shape index (κ1) is 30.2. The zero-order valence-corrected chi connectivity index (χ0v) is 25.4. The minimum Gasteiger partial charge on any atom is -0.508 e. The van der Waals surface area contributed by atoms with E-state index in [1.165, 1.54) is 41.0 Å². The molecule has 0 aliphatic carbocycles. The van der Waals surface area contributed by atoms with E-state index in [0.29, 0.717) is 70.4 Å². The van der Waals surface area contributed by atoms with Crippen LogP contribution < -0.4 is 11.1 Å². The molecule has 3 heterocycles. The van der Waals surface area contributed by atoms with E-state index in [9.17, 15) is 30.0 Å². The van der Waals surface area contributed by atoms with Gasteiger partial charge in [-0.3, -0.25) is 23.4 Å². The van der Waals surface area contributed by atoms with Crippen LogP contribution in [0.15, 0.2) is 101 Å². The number of benzene rings is 4. The molecule has 4 N–H and O–H groups in total.